The predicted molar refractivity (Wildman–Crippen MR) is 111 cm³/mol. The van der Waals surface area contributed by atoms with Crippen molar-refractivity contribution in [3.63, 3.8) is 0 Å². The van der Waals surface area contributed by atoms with E-state index >= 15 is 0 Å². The van der Waals surface area contributed by atoms with Gasteiger partial charge in [0, 0.05) is 12.1 Å². The summed E-state index contributed by atoms with van der Waals surface area (Å²) < 4.78 is 5.22. The van der Waals surface area contributed by atoms with Crippen molar-refractivity contribution in [3.8, 4) is 0 Å². The molecule has 0 unspecified atom stereocenters. The van der Waals surface area contributed by atoms with E-state index < -0.39 is 24.1 Å². The third-order valence-electron chi connectivity index (χ3n) is 4.05. The number of carbonyl (C=O) groups excluding carboxylic acids is 2. The van der Waals surface area contributed by atoms with Gasteiger partial charge in [-0.15, -0.1) is 0 Å². The van der Waals surface area contributed by atoms with Crippen molar-refractivity contribution in [2.45, 2.75) is 59.2 Å². The molecule has 0 heterocycles. The van der Waals surface area contributed by atoms with E-state index in [4.69, 9.17) is 9.84 Å². The molecule has 2 amide bonds. The Hall–Kier alpha value is -2.83. The Balaban J connectivity index is 2.73. The summed E-state index contributed by atoms with van der Waals surface area (Å²) in [6, 6.07) is 8.06. The molecule has 0 bridgehead atoms. The van der Waals surface area contributed by atoms with Gasteiger partial charge < -0.3 is 20.5 Å². The molecule has 0 aliphatic heterocycles. The smallest absolute Gasteiger partial charge is 0.408 e. The van der Waals surface area contributed by atoms with Crippen LogP contribution in [0.2, 0.25) is 0 Å². The lowest BCUT2D eigenvalue weighted by atomic mass is 10.0. The molecule has 0 aliphatic carbocycles. The summed E-state index contributed by atoms with van der Waals surface area (Å²) in [5, 5.41) is 14.3. The molecule has 0 radical (unpaired) electrons. The van der Waals surface area contributed by atoms with Gasteiger partial charge in [-0.3, -0.25) is 4.79 Å². The van der Waals surface area contributed by atoms with Gasteiger partial charge in [0.1, 0.15) is 12.6 Å². The van der Waals surface area contributed by atoms with Gasteiger partial charge >= 0.3 is 12.1 Å². The molecular formula is C22H32N2O5. The van der Waals surface area contributed by atoms with Crippen molar-refractivity contribution in [1.82, 2.24) is 10.6 Å². The third kappa shape index (κ3) is 10.9. The largest absolute Gasteiger partial charge is 0.478 e. The fourth-order valence-corrected chi connectivity index (χ4v) is 2.79. The minimum Gasteiger partial charge on any atom is -0.478 e. The highest BCUT2D eigenvalue weighted by Crippen LogP contribution is 2.10. The first-order chi connectivity index (χ1) is 13.7. The number of aliphatic carboxylic acids is 1. The number of hydrogen-bond acceptors (Lipinski definition) is 4. The SMILES string of the molecule is CC(C)C[C@@H](C=CC(=O)O)NC(=O)[C@H](CC(C)C)NC(=O)OCc1ccccc1. The molecule has 160 valence electrons. The zero-order chi connectivity index (χ0) is 21.8. The summed E-state index contributed by atoms with van der Waals surface area (Å²) >= 11 is 0. The maximum atomic E-state index is 12.8. The Bertz CT molecular complexity index is 686. The van der Waals surface area contributed by atoms with Crippen LogP contribution in [0.25, 0.3) is 0 Å². The highest BCUT2D eigenvalue weighted by molar-refractivity contribution is 5.86. The van der Waals surface area contributed by atoms with Gasteiger partial charge in [0.15, 0.2) is 0 Å². The zero-order valence-electron chi connectivity index (χ0n) is 17.6. The average Bonchev–Trinajstić information content (AvgIpc) is 2.64. The van der Waals surface area contributed by atoms with Gasteiger partial charge in [-0.25, -0.2) is 9.59 Å². The monoisotopic (exact) mass is 404 g/mol. The molecule has 0 spiro atoms. The Labute approximate surface area is 172 Å². The van der Waals surface area contributed by atoms with E-state index in [1.54, 1.807) is 0 Å². The Kier molecular flexibility index (Phi) is 10.5. The maximum absolute atomic E-state index is 12.8. The van der Waals surface area contributed by atoms with E-state index in [-0.39, 0.29) is 24.3 Å². The molecule has 1 rings (SSSR count). The second-order valence-electron chi connectivity index (χ2n) is 7.83. The number of carbonyl (C=O) groups is 3. The summed E-state index contributed by atoms with van der Waals surface area (Å²) in [7, 11) is 0. The van der Waals surface area contributed by atoms with Crippen molar-refractivity contribution in [2.24, 2.45) is 11.8 Å². The van der Waals surface area contributed by atoms with Gasteiger partial charge in [0.05, 0.1) is 0 Å². The van der Waals surface area contributed by atoms with Crippen LogP contribution < -0.4 is 10.6 Å². The van der Waals surface area contributed by atoms with Crippen LogP contribution in [-0.4, -0.2) is 35.2 Å². The normalized spacial score (nSPS) is 13.3. The van der Waals surface area contributed by atoms with E-state index in [0.29, 0.717) is 12.8 Å². The van der Waals surface area contributed by atoms with Crippen LogP contribution in [0.1, 0.15) is 46.1 Å². The summed E-state index contributed by atoms with van der Waals surface area (Å²) in [6.07, 6.45) is 2.83. The van der Waals surface area contributed by atoms with Crippen molar-refractivity contribution < 1.29 is 24.2 Å². The molecule has 7 nitrogen and oxygen atoms in total. The van der Waals surface area contributed by atoms with E-state index in [1.807, 2.05) is 58.0 Å². The van der Waals surface area contributed by atoms with Crippen LogP contribution in [0.5, 0.6) is 0 Å². The van der Waals surface area contributed by atoms with Gasteiger partial charge in [-0.1, -0.05) is 64.1 Å². The third-order valence-corrected chi connectivity index (χ3v) is 4.05. The average molecular weight is 405 g/mol. The predicted octanol–water partition coefficient (Wildman–Crippen LogP) is 3.50. The molecular weight excluding hydrogens is 372 g/mol. The van der Waals surface area contributed by atoms with Crippen LogP contribution in [-0.2, 0) is 20.9 Å². The van der Waals surface area contributed by atoms with Crippen molar-refractivity contribution in [3.05, 3.63) is 48.0 Å². The number of hydrogen-bond donors (Lipinski definition) is 3. The lowest BCUT2D eigenvalue weighted by Crippen LogP contribution is -2.50. The molecule has 0 saturated carbocycles. The first-order valence-electron chi connectivity index (χ1n) is 9.86. The molecule has 0 aliphatic rings. The maximum Gasteiger partial charge on any atom is 0.408 e. The molecule has 7 heteroatoms. The number of rotatable bonds is 11. The standard InChI is InChI=1S/C22H32N2O5/c1-15(2)12-18(10-11-20(25)26)23-21(27)19(13-16(3)4)24-22(28)29-14-17-8-6-5-7-9-17/h5-11,15-16,18-19H,12-14H2,1-4H3,(H,23,27)(H,24,28)(H,25,26)/t18-,19+/m1/s1. The molecule has 2 atom stereocenters. The van der Waals surface area contributed by atoms with Crippen LogP contribution >= 0.6 is 0 Å². The molecule has 1 aromatic carbocycles. The van der Waals surface area contributed by atoms with E-state index in [0.717, 1.165) is 11.6 Å². The van der Waals surface area contributed by atoms with Crippen molar-refractivity contribution in [2.75, 3.05) is 0 Å². The van der Waals surface area contributed by atoms with E-state index in [1.165, 1.54) is 6.08 Å². The molecule has 0 aromatic heterocycles. The zero-order valence-corrected chi connectivity index (χ0v) is 17.6. The first-order valence-corrected chi connectivity index (χ1v) is 9.86. The molecule has 3 N–H and O–H groups in total. The second kappa shape index (κ2) is 12.6. The minimum absolute atomic E-state index is 0.111. The molecule has 0 fully saturated rings. The lowest BCUT2D eigenvalue weighted by molar-refractivity contribution is -0.131. The van der Waals surface area contributed by atoms with E-state index in [9.17, 15) is 14.4 Å². The van der Waals surface area contributed by atoms with Crippen LogP contribution in [0.15, 0.2) is 42.5 Å². The number of nitrogens with one attached hydrogen (secondary N) is 2. The first kappa shape index (κ1) is 24.2. The number of amides is 2. The number of carboxylic acids is 1. The molecule has 29 heavy (non-hydrogen) atoms. The summed E-state index contributed by atoms with van der Waals surface area (Å²) in [5.74, 6) is -1.02. The minimum atomic E-state index is -1.07. The number of carboxylic acid groups (broad SMARTS) is 1. The number of ether oxygens (including phenoxy) is 1. The van der Waals surface area contributed by atoms with Crippen molar-refractivity contribution in [1.29, 1.82) is 0 Å². The topological polar surface area (TPSA) is 105 Å². The number of alkyl carbamates (subject to hydrolysis) is 1. The van der Waals surface area contributed by atoms with Gasteiger partial charge in [0.25, 0.3) is 0 Å². The second-order valence-corrected chi connectivity index (χ2v) is 7.83. The summed E-state index contributed by atoms with van der Waals surface area (Å²) in [4.78, 5) is 35.8. The van der Waals surface area contributed by atoms with Crippen LogP contribution in [0.4, 0.5) is 4.79 Å². The Morgan fingerprint density at radius 2 is 1.62 bits per heavy atom. The molecule has 1 aromatic rings. The van der Waals surface area contributed by atoms with Gasteiger partial charge in [-0.2, -0.15) is 0 Å². The van der Waals surface area contributed by atoms with Crippen LogP contribution in [0, 0.1) is 11.8 Å². The lowest BCUT2D eigenvalue weighted by Gasteiger charge is -2.23. The highest BCUT2D eigenvalue weighted by atomic mass is 16.5. The van der Waals surface area contributed by atoms with Gasteiger partial charge in [-0.05, 0) is 30.2 Å². The Morgan fingerprint density at radius 1 is 1.00 bits per heavy atom. The fraction of sp³-hybridized carbons (Fsp3) is 0.500. The Morgan fingerprint density at radius 3 is 2.17 bits per heavy atom. The quantitative estimate of drug-likeness (QED) is 0.490. The summed E-state index contributed by atoms with van der Waals surface area (Å²) in [5.41, 5.74) is 0.850. The summed E-state index contributed by atoms with van der Waals surface area (Å²) in [6.45, 7) is 7.98. The fourth-order valence-electron chi connectivity index (χ4n) is 2.79. The highest BCUT2D eigenvalue weighted by Gasteiger charge is 2.24. The van der Waals surface area contributed by atoms with E-state index in [2.05, 4.69) is 10.6 Å². The van der Waals surface area contributed by atoms with Crippen LogP contribution in [0.3, 0.4) is 0 Å². The molecule has 0 saturated heterocycles. The number of benzene rings is 1. The van der Waals surface area contributed by atoms with Crippen molar-refractivity contribution >= 4 is 18.0 Å². The van der Waals surface area contributed by atoms with Gasteiger partial charge in [0.2, 0.25) is 5.91 Å².